The summed E-state index contributed by atoms with van der Waals surface area (Å²) in [5.74, 6) is 0.955. The third-order valence-electron chi connectivity index (χ3n) is 4.98. The molecule has 6 nitrogen and oxygen atoms in total. The lowest BCUT2D eigenvalue weighted by Crippen LogP contribution is -2.01. The summed E-state index contributed by atoms with van der Waals surface area (Å²) < 4.78 is 0. The number of fused-ring (bicyclic) bond motifs is 1. The van der Waals surface area contributed by atoms with E-state index in [0.717, 1.165) is 38.8 Å². The fourth-order valence-corrected chi connectivity index (χ4v) is 4.86. The van der Waals surface area contributed by atoms with Crippen LogP contribution in [0, 0.1) is 6.92 Å². The van der Waals surface area contributed by atoms with Gasteiger partial charge in [0.25, 0.3) is 0 Å². The maximum absolute atomic E-state index is 9.62. The highest BCUT2D eigenvalue weighted by Crippen LogP contribution is 2.37. The molecule has 33 heavy (non-hydrogen) atoms. The maximum atomic E-state index is 9.62. The number of hydrogen-bond acceptors (Lipinski definition) is 8. The van der Waals surface area contributed by atoms with Crippen LogP contribution in [0.25, 0.3) is 11.0 Å². The Morgan fingerprint density at radius 1 is 1.00 bits per heavy atom. The largest absolute Gasteiger partial charge is 0.508 e. The van der Waals surface area contributed by atoms with Gasteiger partial charge in [0, 0.05) is 32.6 Å². The monoisotopic (exact) mass is 471 g/mol. The van der Waals surface area contributed by atoms with E-state index in [1.807, 2.05) is 31.2 Å². The van der Waals surface area contributed by atoms with Crippen LogP contribution in [-0.2, 0) is 6.54 Å². The number of thiophene rings is 1. The van der Waals surface area contributed by atoms with Gasteiger partial charge in [-0.05, 0) is 73.0 Å². The second kappa shape index (κ2) is 9.48. The smallest absolute Gasteiger partial charge is 0.164 e. The van der Waals surface area contributed by atoms with Crippen molar-refractivity contribution < 1.29 is 5.11 Å². The highest BCUT2D eigenvalue weighted by Gasteiger charge is 2.11. The van der Waals surface area contributed by atoms with Gasteiger partial charge < -0.3 is 15.7 Å². The maximum Gasteiger partial charge on any atom is 0.164 e. The average molecular weight is 472 g/mol. The van der Waals surface area contributed by atoms with Crippen molar-refractivity contribution in [2.75, 3.05) is 10.6 Å². The zero-order valence-corrected chi connectivity index (χ0v) is 19.5. The number of nitrogens with zero attached hydrogens (tertiary/aromatic N) is 3. The molecular weight excluding hydrogens is 450 g/mol. The van der Waals surface area contributed by atoms with Crippen molar-refractivity contribution in [1.82, 2.24) is 15.0 Å². The number of anilines is 3. The van der Waals surface area contributed by atoms with Crippen LogP contribution in [0.3, 0.4) is 0 Å². The molecule has 3 heterocycles. The van der Waals surface area contributed by atoms with Crippen molar-refractivity contribution in [2.45, 2.75) is 23.3 Å². The summed E-state index contributed by atoms with van der Waals surface area (Å²) in [6, 6.07) is 21.6. The predicted molar refractivity (Wildman–Crippen MR) is 136 cm³/mol. The second-order valence-corrected chi connectivity index (χ2v) is 9.56. The summed E-state index contributed by atoms with van der Waals surface area (Å²) >= 11 is 3.35. The summed E-state index contributed by atoms with van der Waals surface area (Å²) in [5, 5.41) is 19.6. The van der Waals surface area contributed by atoms with Crippen LogP contribution in [-0.4, -0.2) is 20.1 Å². The van der Waals surface area contributed by atoms with Crippen molar-refractivity contribution >= 4 is 51.3 Å². The van der Waals surface area contributed by atoms with Crippen LogP contribution in [0.2, 0.25) is 0 Å². The molecule has 5 rings (SSSR count). The number of aromatic nitrogens is 3. The Balaban J connectivity index is 1.49. The molecule has 0 aliphatic heterocycles. The predicted octanol–water partition coefficient (Wildman–Crippen LogP) is 6.61. The molecule has 0 saturated heterocycles. The van der Waals surface area contributed by atoms with Crippen LogP contribution in [0.15, 0.2) is 88.2 Å². The van der Waals surface area contributed by atoms with Crippen molar-refractivity contribution in [2.24, 2.45) is 0 Å². The number of benzene rings is 2. The van der Waals surface area contributed by atoms with Gasteiger partial charge in [-0.2, -0.15) is 0 Å². The highest BCUT2D eigenvalue weighted by atomic mass is 32.2. The molecule has 3 aromatic heterocycles. The molecule has 0 bridgehead atoms. The first-order valence-electron chi connectivity index (χ1n) is 10.4. The van der Waals surface area contributed by atoms with Crippen LogP contribution in [0.4, 0.5) is 17.2 Å². The molecule has 164 valence electrons. The first-order valence-corrected chi connectivity index (χ1v) is 12.1. The van der Waals surface area contributed by atoms with Crippen molar-refractivity contribution in [3.8, 4) is 5.75 Å². The van der Waals surface area contributed by atoms with E-state index in [1.165, 1.54) is 11.2 Å². The molecule has 0 atom stereocenters. The number of hydrogen-bond donors (Lipinski definition) is 3. The Labute approximate surface area is 199 Å². The van der Waals surface area contributed by atoms with Gasteiger partial charge in [0.1, 0.15) is 17.9 Å². The van der Waals surface area contributed by atoms with Crippen LogP contribution >= 0.6 is 23.1 Å². The van der Waals surface area contributed by atoms with Gasteiger partial charge in [0.15, 0.2) is 5.65 Å². The van der Waals surface area contributed by atoms with Crippen molar-refractivity contribution in [3.63, 3.8) is 0 Å². The Kier molecular flexibility index (Phi) is 6.10. The fraction of sp³-hybridized carbons (Fsp3) is 0.0800. The Morgan fingerprint density at radius 2 is 1.88 bits per heavy atom. The topological polar surface area (TPSA) is 83.0 Å². The Morgan fingerprint density at radius 3 is 2.70 bits per heavy atom. The lowest BCUT2D eigenvalue weighted by molar-refractivity contribution is 0.475. The molecule has 8 heteroatoms. The van der Waals surface area contributed by atoms with E-state index in [-0.39, 0.29) is 5.75 Å². The minimum Gasteiger partial charge on any atom is -0.508 e. The van der Waals surface area contributed by atoms with Crippen LogP contribution in [0.5, 0.6) is 5.75 Å². The molecule has 0 aliphatic rings. The minimum absolute atomic E-state index is 0.251. The molecule has 3 N–H and O–H groups in total. The van der Waals surface area contributed by atoms with E-state index in [0.29, 0.717) is 11.5 Å². The average Bonchev–Trinajstić information content (AvgIpc) is 3.34. The number of phenolic OH excluding ortho intramolecular Hbond substituents is 1. The van der Waals surface area contributed by atoms with Gasteiger partial charge >= 0.3 is 0 Å². The van der Waals surface area contributed by atoms with Gasteiger partial charge in [-0.15, -0.1) is 11.3 Å². The highest BCUT2D eigenvalue weighted by molar-refractivity contribution is 7.99. The summed E-state index contributed by atoms with van der Waals surface area (Å²) in [4.78, 5) is 16.7. The lowest BCUT2D eigenvalue weighted by Gasteiger charge is -2.15. The third kappa shape index (κ3) is 5.08. The van der Waals surface area contributed by atoms with Gasteiger partial charge in [-0.1, -0.05) is 17.8 Å². The van der Waals surface area contributed by atoms with E-state index < -0.39 is 0 Å². The summed E-state index contributed by atoms with van der Waals surface area (Å²) in [6.07, 6.45) is 1.53. The van der Waals surface area contributed by atoms with E-state index >= 15 is 0 Å². The zero-order chi connectivity index (χ0) is 22.6. The Bertz CT molecular complexity index is 1390. The van der Waals surface area contributed by atoms with E-state index in [9.17, 15) is 5.11 Å². The minimum atomic E-state index is 0.251. The van der Waals surface area contributed by atoms with Crippen molar-refractivity contribution in [3.05, 3.63) is 89.0 Å². The second-order valence-electron chi connectivity index (χ2n) is 7.41. The molecule has 0 unspecified atom stereocenters. The normalized spacial score (nSPS) is 10.9. The van der Waals surface area contributed by atoms with Gasteiger partial charge in [0.2, 0.25) is 0 Å². The van der Waals surface area contributed by atoms with Crippen LogP contribution < -0.4 is 10.6 Å². The first kappa shape index (κ1) is 21.2. The number of rotatable bonds is 7. The van der Waals surface area contributed by atoms with E-state index in [4.69, 9.17) is 0 Å². The van der Waals surface area contributed by atoms with E-state index in [1.54, 1.807) is 35.2 Å². The molecule has 0 fully saturated rings. The molecule has 0 amide bonds. The van der Waals surface area contributed by atoms with Crippen molar-refractivity contribution in [1.29, 1.82) is 0 Å². The van der Waals surface area contributed by atoms with Crippen LogP contribution in [0.1, 0.15) is 10.6 Å². The summed E-state index contributed by atoms with van der Waals surface area (Å²) in [7, 11) is 0. The molecule has 5 aromatic rings. The molecule has 2 aromatic carbocycles. The standard InChI is InChI=1S/C25H21N5OS2/c1-16-4-10-21-24(29-16)27-15-28-25(21)30-22-13-17(26-14-20-3-2-12-32-20)5-11-23(22)33-19-8-6-18(31)7-9-19/h2-13,15,26,31H,14H2,1H3,(H,27,28,29,30). The quantitative estimate of drug-likeness (QED) is 0.246. The number of aromatic hydroxyl groups is 1. The van der Waals surface area contributed by atoms with E-state index in [2.05, 4.69) is 61.3 Å². The SMILES string of the molecule is Cc1ccc2c(Nc3cc(NCc4cccs4)ccc3Sc3ccc(O)cc3)ncnc2n1. The molecule has 0 spiro atoms. The third-order valence-corrected chi connectivity index (χ3v) is 6.94. The van der Waals surface area contributed by atoms with Gasteiger partial charge in [-0.25, -0.2) is 15.0 Å². The molecular formula is C25H21N5OS2. The zero-order valence-electron chi connectivity index (χ0n) is 17.8. The van der Waals surface area contributed by atoms with Gasteiger partial charge in [-0.3, -0.25) is 0 Å². The number of nitrogens with one attached hydrogen (secondary N) is 2. The molecule has 0 radical (unpaired) electrons. The molecule has 0 aliphatic carbocycles. The molecule has 0 saturated carbocycles. The fourth-order valence-electron chi connectivity index (χ4n) is 3.33. The number of aryl methyl sites for hydroxylation is 1. The number of phenols is 1. The summed E-state index contributed by atoms with van der Waals surface area (Å²) in [6.45, 7) is 2.71. The lowest BCUT2D eigenvalue weighted by atomic mass is 10.2. The first-order chi connectivity index (χ1) is 16.1. The summed E-state index contributed by atoms with van der Waals surface area (Å²) in [5.41, 5.74) is 3.50. The Hall–Kier alpha value is -3.62. The van der Waals surface area contributed by atoms with Gasteiger partial charge in [0.05, 0.1) is 11.1 Å². The number of pyridine rings is 1.